The molecule has 23 heavy (non-hydrogen) atoms. The lowest BCUT2D eigenvalue weighted by Crippen LogP contribution is -2.34. The van der Waals surface area contributed by atoms with Gasteiger partial charge < -0.3 is 10.3 Å². The molecule has 1 aromatic heterocycles. The van der Waals surface area contributed by atoms with Crippen LogP contribution in [0, 0.1) is 5.92 Å². The zero-order valence-corrected chi connectivity index (χ0v) is 13.7. The number of hydrogen-bond donors (Lipinski definition) is 2. The van der Waals surface area contributed by atoms with E-state index in [1.54, 1.807) is 0 Å². The van der Waals surface area contributed by atoms with Gasteiger partial charge in [0.25, 0.3) is 5.91 Å². The van der Waals surface area contributed by atoms with E-state index in [4.69, 9.17) is 23.2 Å². The molecule has 2 aromatic rings. The number of carbonyl (C=O) groups excluding carboxylic acids is 2. The summed E-state index contributed by atoms with van der Waals surface area (Å²) >= 11 is 12.0. The van der Waals surface area contributed by atoms with Gasteiger partial charge in [-0.3, -0.25) is 9.69 Å². The van der Waals surface area contributed by atoms with Crippen LogP contribution in [-0.2, 0) is 11.2 Å². The topological polar surface area (TPSA) is 65.2 Å². The summed E-state index contributed by atoms with van der Waals surface area (Å²) in [5.74, 6) is -0.247. The SMILES string of the molecule is O=C1N[C@H](Cc2c[nH]c3ccccc23)C(=O)N1C[C@H]1CC1(Cl)Cl. The highest BCUT2D eigenvalue weighted by Gasteiger charge is 2.54. The monoisotopic (exact) mass is 351 g/mol. The molecule has 120 valence electrons. The Morgan fingerprint density at radius 2 is 2.00 bits per heavy atom. The second-order valence-corrected chi connectivity index (χ2v) is 7.72. The van der Waals surface area contributed by atoms with E-state index >= 15 is 0 Å². The molecule has 2 atom stereocenters. The first-order valence-electron chi connectivity index (χ1n) is 7.50. The number of carbonyl (C=O) groups is 2. The highest BCUT2D eigenvalue weighted by atomic mass is 35.5. The molecule has 1 saturated carbocycles. The van der Waals surface area contributed by atoms with E-state index in [1.807, 2.05) is 30.5 Å². The van der Waals surface area contributed by atoms with Crippen molar-refractivity contribution in [2.24, 2.45) is 5.92 Å². The van der Waals surface area contributed by atoms with Crippen LogP contribution in [0.25, 0.3) is 10.9 Å². The van der Waals surface area contributed by atoms with Crippen molar-refractivity contribution in [2.45, 2.75) is 23.2 Å². The van der Waals surface area contributed by atoms with Crippen molar-refractivity contribution in [2.75, 3.05) is 6.54 Å². The van der Waals surface area contributed by atoms with Crippen molar-refractivity contribution < 1.29 is 9.59 Å². The molecular weight excluding hydrogens is 337 g/mol. The summed E-state index contributed by atoms with van der Waals surface area (Å²) in [4.78, 5) is 29.0. The number of rotatable bonds is 4. The van der Waals surface area contributed by atoms with Crippen LogP contribution in [0.15, 0.2) is 30.5 Å². The summed E-state index contributed by atoms with van der Waals surface area (Å²) in [5, 5.41) is 3.82. The number of amides is 3. The van der Waals surface area contributed by atoms with Crippen LogP contribution in [0.5, 0.6) is 0 Å². The van der Waals surface area contributed by atoms with E-state index in [-0.39, 0.29) is 24.4 Å². The minimum Gasteiger partial charge on any atom is -0.361 e. The molecule has 1 aliphatic heterocycles. The molecule has 0 spiro atoms. The molecule has 4 rings (SSSR count). The number of imide groups is 1. The van der Waals surface area contributed by atoms with E-state index in [1.165, 1.54) is 4.90 Å². The first-order valence-corrected chi connectivity index (χ1v) is 8.26. The number of benzene rings is 1. The van der Waals surface area contributed by atoms with Gasteiger partial charge in [-0.1, -0.05) is 18.2 Å². The molecule has 2 N–H and O–H groups in total. The average molecular weight is 352 g/mol. The molecule has 0 unspecified atom stereocenters. The lowest BCUT2D eigenvalue weighted by Gasteiger charge is -2.13. The first kappa shape index (κ1) is 14.8. The number of nitrogens with zero attached hydrogens (tertiary/aromatic N) is 1. The molecule has 0 radical (unpaired) electrons. The van der Waals surface area contributed by atoms with Gasteiger partial charge >= 0.3 is 6.03 Å². The Balaban J connectivity index is 1.50. The van der Waals surface area contributed by atoms with Crippen LogP contribution in [0.4, 0.5) is 4.79 Å². The maximum atomic E-state index is 12.5. The van der Waals surface area contributed by atoms with Crippen molar-refractivity contribution >= 4 is 46.0 Å². The highest BCUT2D eigenvalue weighted by Crippen LogP contribution is 2.53. The van der Waals surface area contributed by atoms with Crippen molar-refractivity contribution in [3.63, 3.8) is 0 Å². The smallest absolute Gasteiger partial charge is 0.324 e. The lowest BCUT2D eigenvalue weighted by molar-refractivity contribution is -0.127. The summed E-state index contributed by atoms with van der Waals surface area (Å²) in [6, 6.07) is 6.98. The number of hydrogen-bond acceptors (Lipinski definition) is 2. The molecule has 1 aliphatic carbocycles. The second-order valence-electron chi connectivity index (χ2n) is 6.18. The quantitative estimate of drug-likeness (QED) is 0.657. The molecule has 1 saturated heterocycles. The molecule has 7 heteroatoms. The third kappa shape index (κ3) is 2.58. The van der Waals surface area contributed by atoms with Gasteiger partial charge in [-0.05, 0) is 18.1 Å². The molecule has 5 nitrogen and oxygen atoms in total. The predicted molar refractivity (Wildman–Crippen MR) is 88.6 cm³/mol. The van der Waals surface area contributed by atoms with E-state index in [0.29, 0.717) is 12.8 Å². The number of nitrogens with one attached hydrogen (secondary N) is 2. The van der Waals surface area contributed by atoms with Crippen molar-refractivity contribution in [3.8, 4) is 0 Å². The number of urea groups is 1. The third-order valence-electron chi connectivity index (χ3n) is 4.56. The van der Waals surface area contributed by atoms with Crippen LogP contribution >= 0.6 is 23.2 Å². The zero-order valence-electron chi connectivity index (χ0n) is 12.2. The summed E-state index contributed by atoms with van der Waals surface area (Å²) < 4.78 is -0.796. The molecule has 0 bridgehead atoms. The van der Waals surface area contributed by atoms with Crippen LogP contribution < -0.4 is 5.32 Å². The Labute approximate surface area is 142 Å². The Bertz CT molecular complexity index is 801. The Kier molecular flexibility index (Phi) is 3.32. The number of H-pyrrole nitrogens is 1. The maximum absolute atomic E-state index is 12.5. The van der Waals surface area contributed by atoms with Crippen molar-refractivity contribution in [1.29, 1.82) is 0 Å². The normalized spacial score (nSPS) is 25.9. The summed E-state index contributed by atoms with van der Waals surface area (Å²) in [6.45, 7) is 0.280. The van der Waals surface area contributed by atoms with Crippen LogP contribution in [0.3, 0.4) is 0 Å². The Morgan fingerprint density at radius 1 is 1.26 bits per heavy atom. The largest absolute Gasteiger partial charge is 0.361 e. The van der Waals surface area contributed by atoms with Gasteiger partial charge in [-0.2, -0.15) is 0 Å². The standard InChI is InChI=1S/C16H15Cl2N3O2/c17-16(18)6-10(16)8-21-14(22)13(20-15(21)23)5-9-7-19-12-4-2-1-3-11(9)12/h1-4,7,10,13,19H,5-6,8H2,(H,20,23)/t10-,13-/m1/s1. The van der Waals surface area contributed by atoms with E-state index in [2.05, 4.69) is 10.3 Å². The van der Waals surface area contributed by atoms with Gasteiger partial charge in [-0.25, -0.2) is 4.79 Å². The van der Waals surface area contributed by atoms with E-state index < -0.39 is 10.4 Å². The maximum Gasteiger partial charge on any atom is 0.324 e. The van der Waals surface area contributed by atoms with Crippen molar-refractivity contribution in [3.05, 3.63) is 36.0 Å². The molecule has 3 amide bonds. The lowest BCUT2D eigenvalue weighted by atomic mass is 10.1. The minimum absolute atomic E-state index is 0.0348. The van der Waals surface area contributed by atoms with Gasteiger partial charge in [0.1, 0.15) is 10.4 Å². The van der Waals surface area contributed by atoms with Gasteiger partial charge in [0.2, 0.25) is 0 Å². The van der Waals surface area contributed by atoms with Gasteiger partial charge in [0, 0.05) is 36.0 Å². The van der Waals surface area contributed by atoms with Crippen LogP contribution in [0.2, 0.25) is 0 Å². The number of para-hydroxylation sites is 1. The zero-order chi connectivity index (χ0) is 16.2. The summed E-state index contributed by atoms with van der Waals surface area (Å²) in [5.41, 5.74) is 2.03. The Hall–Kier alpha value is -1.72. The van der Waals surface area contributed by atoms with Crippen LogP contribution in [0.1, 0.15) is 12.0 Å². The molecule has 2 fully saturated rings. The number of aromatic amines is 1. The molecule has 1 aromatic carbocycles. The van der Waals surface area contributed by atoms with E-state index in [9.17, 15) is 9.59 Å². The molecule has 2 heterocycles. The number of aromatic nitrogens is 1. The van der Waals surface area contributed by atoms with Gasteiger partial charge in [0.05, 0.1) is 0 Å². The molecule has 2 aliphatic rings. The highest BCUT2D eigenvalue weighted by molar-refractivity contribution is 6.50. The fraction of sp³-hybridized carbons (Fsp3) is 0.375. The van der Waals surface area contributed by atoms with Gasteiger partial charge in [-0.15, -0.1) is 23.2 Å². The Morgan fingerprint density at radius 3 is 2.74 bits per heavy atom. The van der Waals surface area contributed by atoms with E-state index in [0.717, 1.165) is 16.5 Å². The van der Waals surface area contributed by atoms with Crippen LogP contribution in [-0.4, -0.2) is 38.7 Å². The fourth-order valence-corrected chi connectivity index (χ4v) is 3.61. The fourth-order valence-electron chi connectivity index (χ4n) is 3.10. The number of halogens is 2. The van der Waals surface area contributed by atoms with Crippen molar-refractivity contribution in [1.82, 2.24) is 15.2 Å². The first-order chi connectivity index (χ1) is 11.0. The number of fused-ring (bicyclic) bond motifs is 1. The third-order valence-corrected chi connectivity index (χ3v) is 5.49. The van der Waals surface area contributed by atoms with Gasteiger partial charge in [0.15, 0.2) is 0 Å². The summed E-state index contributed by atoms with van der Waals surface area (Å²) in [7, 11) is 0. The summed E-state index contributed by atoms with van der Waals surface area (Å²) in [6.07, 6.45) is 2.96. The predicted octanol–water partition coefficient (Wildman–Crippen LogP) is 2.82. The second kappa shape index (κ2) is 5.14. The average Bonchev–Trinajstić information content (AvgIpc) is 2.83. The minimum atomic E-state index is -0.796. The molecular formula is C16H15Cl2N3O2. The number of alkyl halides is 2.